The predicted molar refractivity (Wildman–Crippen MR) is 49.4 cm³/mol. The van der Waals surface area contributed by atoms with Gasteiger partial charge >= 0.3 is 17.1 Å². The summed E-state index contributed by atoms with van der Waals surface area (Å²) in [6.07, 6.45) is 4.02. The topological polar surface area (TPSA) is 0 Å². The van der Waals surface area contributed by atoms with Crippen LogP contribution >= 0.6 is 11.6 Å². The fraction of sp³-hybridized carbons (Fsp3) is 0.200. The molecule has 0 N–H and O–H groups in total. The van der Waals surface area contributed by atoms with E-state index in [2.05, 4.69) is 13.3 Å². The number of unbranched alkanes of at least 4 members (excludes halogenated alkanes) is 1. The Morgan fingerprint density at radius 1 is 1.33 bits per heavy atom. The maximum Gasteiger partial charge on any atom is 2.00 e. The van der Waals surface area contributed by atoms with Crippen LogP contribution in [0, 0.1) is 13.3 Å². The first-order valence-corrected chi connectivity index (χ1v) is 4.09. The first-order chi connectivity index (χ1) is 5.34. The van der Waals surface area contributed by atoms with Crippen LogP contribution in [0.1, 0.15) is 18.4 Å². The van der Waals surface area contributed by atoms with Gasteiger partial charge in [-0.2, -0.15) is 36.1 Å². The quantitative estimate of drug-likeness (QED) is 0.541. The van der Waals surface area contributed by atoms with Crippen LogP contribution in [0.5, 0.6) is 0 Å². The van der Waals surface area contributed by atoms with E-state index in [1.165, 1.54) is 0 Å². The Morgan fingerprint density at radius 3 is 2.58 bits per heavy atom. The van der Waals surface area contributed by atoms with Crippen LogP contribution in [0.15, 0.2) is 24.3 Å². The van der Waals surface area contributed by atoms with Crippen LogP contribution in [0.2, 0.25) is 5.02 Å². The average Bonchev–Trinajstić information content (AvgIpc) is 2.03. The first kappa shape index (κ1) is 11.9. The molecule has 0 aliphatic carbocycles. The van der Waals surface area contributed by atoms with E-state index in [4.69, 9.17) is 11.6 Å². The summed E-state index contributed by atoms with van der Waals surface area (Å²) in [6, 6.07) is 7.83. The van der Waals surface area contributed by atoms with Crippen molar-refractivity contribution < 1.29 is 17.1 Å². The molecule has 1 aromatic rings. The molecule has 2 heteroatoms. The Morgan fingerprint density at radius 2 is 2.00 bits per heavy atom. The van der Waals surface area contributed by atoms with Crippen molar-refractivity contribution >= 4 is 11.6 Å². The third-order valence-electron chi connectivity index (χ3n) is 1.47. The molecule has 1 aromatic carbocycles. The van der Waals surface area contributed by atoms with Crippen LogP contribution in [-0.4, -0.2) is 0 Å². The van der Waals surface area contributed by atoms with E-state index in [1.54, 1.807) is 0 Å². The molecule has 0 aromatic heterocycles. The molecule has 0 unspecified atom stereocenters. The van der Waals surface area contributed by atoms with E-state index in [1.807, 2.05) is 24.3 Å². The van der Waals surface area contributed by atoms with Gasteiger partial charge in [-0.05, 0) is 0 Å². The third kappa shape index (κ3) is 3.53. The van der Waals surface area contributed by atoms with Crippen molar-refractivity contribution in [3.05, 3.63) is 48.2 Å². The minimum absolute atomic E-state index is 0. The fourth-order valence-electron chi connectivity index (χ4n) is 0.898. The Kier molecular flexibility index (Phi) is 6.37. The summed E-state index contributed by atoms with van der Waals surface area (Å²) in [5.74, 6) is 0. The molecule has 0 aliphatic heterocycles. The molecule has 1 rings (SSSR count). The Hall–Kier alpha value is -0.101. The number of benzene rings is 1. The van der Waals surface area contributed by atoms with Gasteiger partial charge in [0.1, 0.15) is 0 Å². The molecule has 0 nitrogen and oxygen atoms in total. The third-order valence-corrected chi connectivity index (χ3v) is 1.82. The number of hydrogen-bond acceptors (Lipinski definition) is 0. The standard InChI is InChI=1S/C10H11Cl.Mn/c1-2-3-6-9-7-4-5-8-10(9)11;/h4-8H,1-3H2;/q-2;+2. The van der Waals surface area contributed by atoms with Gasteiger partial charge in [-0.15, -0.1) is 18.6 Å². The van der Waals surface area contributed by atoms with E-state index < -0.39 is 0 Å². The predicted octanol–water partition coefficient (Wildman–Crippen LogP) is 3.50. The van der Waals surface area contributed by atoms with Crippen LogP contribution in [0.4, 0.5) is 0 Å². The molecule has 65 valence electrons. The minimum Gasteiger partial charge on any atom is -0.344 e. The SMILES string of the molecule is [CH2-]CC[CH-]c1ccccc1Cl.[Mn+2]. The van der Waals surface area contributed by atoms with Crippen LogP contribution in [-0.2, 0) is 17.1 Å². The summed E-state index contributed by atoms with van der Waals surface area (Å²) >= 11 is 5.91. The van der Waals surface area contributed by atoms with Gasteiger partial charge in [0.05, 0.1) is 0 Å². The molecular formula is C10H11ClMn. The summed E-state index contributed by atoms with van der Waals surface area (Å²) in [6.45, 7) is 3.76. The zero-order chi connectivity index (χ0) is 8.10. The van der Waals surface area contributed by atoms with Gasteiger partial charge in [0.15, 0.2) is 0 Å². The summed E-state index contributed by atoms with van der Waals surface area (Å²) in [4.78, 5) is 0. The molecule has 0 bridgehead atoms. The van der Waals surface area contributed by atoms with Crippen LogP contribution in [0.25, 0.3) is 0 Å². The largest absolute Gasteiger partial charge is 2.00 e. The molecule has 0 spiro atoms. The molecule has 1 radical (unpaired) electrons. The van der Waals surface area contributed by atoms with Gasteiger partial charge < -0.3 is 6.92 Å². The molecule has 0 atom stereocenters. The van der Waals surface area contributed by atoms with Gasteiger partial charge in [0.25, 0.3) is 0 Å². The molecule has 0 saturated heterocycles. The first-order valence-electron chi connectivity index (χ1n) is 3.71. The molecule has 0 amide bonds. The molecule has 0 aliphatic rings. The number of halogens is 1. The van der Waals surface area contributed by atoms with Gasteiger partial charge in [-0.25, -0.2) is 0 Å². The average molecular weight is 222 g/mol. The molecule has 0 fully saturated rings. The zero-order valence-corrected chi connectivity index (χ0v) is 8.70. The molecular weight excluding hydrogens is 211 g/mol. The van der Waals surface area contributed by atoms with Crippen molar-refractivity contribution in [1.29, 1.82) is 0 Å². The Bertz CT molecular complexity index is 223. The van der Waals surface area contributed by atoms with Crippen LogP contribution in [0.3, 0.4) is 0 Å². The maximum atomic E-state index is 5.91. The normalized spacial score (nSPS) is 8.83. The van der Waals surface area contributed by atoms with Crippen molar-refractivity contribution in [2.75, 3.05) is 0 Å². The molecule has 0 saturated carbocycles. The minimum atomic E-state index is 0. The van der Waals surface area contributed by atoms with Crippen LogP contribution < -0.4 is 0 Å². The summed E-state index contributed by atoms with van der Waals surface area (Å²) in [7, 11) is 0. The number of hydrogen-bond donors (Lipinski definition) is 0. The monoisotopic (exact) mass is 221 g/mol. The molecule has 12 heavy (non-hydrogen) atoms. The van der Waals surface area contributed by atoms with Gasteiger partial charge in [-0.3, -0.25) is 0 Å². The van der Waals surface area contributed by atoms with E-state index in [9.17, 15) is 0 Å². The van der Waals surface area contributed by atoms with E-state index >= 15 is 0 Å². The van der Waals surface area contributed by atoms with E-state index in [-0.39, 0.29) is 17.1 Å². The van der Waals surface area contributed by atoms with E-state index in [0.29, 0.717) is 0 Å². The van der Waals surface area contributed by atoms with Gasteiger partial charge in [0.2, 0.25) is 0 Å². The van der Waals surface area contributed by atoms with Crippen molar-refractivity contribution in [3.63, 3.8) is 0 Å². The van der Waals surface area contributed by atoms with Gasteiger partial charge in [-0.1, -0.05) is 11.1 Å². The van der Waals surface area contributed by atoms with Crippen molar-refractivity contribution in [1.82, 2.24) is 0 Å². The van der Waals surface area contributed by atoms with Crippen molar-refractivity contribution in [2.45, 2.75) is 12.8 Å². The second-order valence-electron chi connectivity index (χ2n) is 2.37. The Labute approximate surface area is 89.8 Å². The second-order valence-corrected chi connectivity index (χ2v) is 2.78. The summed E-state index contributed by atoms with van der Waals surface area (Å²) in [5.41, 5.74) is 1.11. The fourth-order valence-corrected chi connectivity index (χ4v) is 1.11. The van der Waals surface area contributed by atoms with Crippen molar-refractivity contribution in [3.8, 4) is 0 Å². The smallest absolute Gasteiger partial charge is 0.344 e. The zero-order valence-electron chi connectivity index (χ0n) is 6.76. The Balaban J connectivity index is 0.00000121. The van der Waals surface area contributed by atoms with Crippen molar-refractivity contribution in [2.24, 2.45) is 0 Å². The van der Waals surface area contributed by atoms with Gasteiger partial charge in [0, 0.05) is 0 Å². The number of rotatable bonds is 3. The maximum absolute atomic E-state index is 5.91. The second kappa shape index (κ2) is 6.42. The van der Waals surface area contributed by atoms with E-state index in [0.717, 1.165) is 23.4 Å². The summed E-state index contributed by atoms with van der Waals surface area (Å²) < 4.78 is 0. The molecule has 0 heterocycles. The summed E-state index contributed by atoms with van der Waals surface area (Å²) in [5, 5.41) is 0.820.